The minimum Gasteiger partial charge on any atom is -0.456 e. The molecule has 0 atom stereocenters. The Labute approximate surface area is 281 Å². The van der Waals surface area contributed by atoms with Crippen molar-refractivity contribution in [2.75, 3.05) is 0 Å². The number of benzene rings is 8. The van der Waals surface area contributed by atoms with Crippen LogP contribution in [0.4, 0.5) is 0 Å². The summed E-state index contributed by atoms with van der Waals surface area (Å²) in [5.41, 5.74) is 11.3. The molecule has 3 heteroatoms. The van der Waals surface area contributed by atoms with Gasteiger partial charge in [-0.15, -0.1) is 0 Å². The van der Waals surface area contributed by atoms with Crippen molar-refractivity contribution in [1.29, 1.82) is 0 Å². The van der Waals surface area contributed by atoms with Gasteiger partial charge in [-0.1, -0.05) is 109 Å². The molecule has 0 N–H and O–H groups in total. The molecule has 3 aromatic heterocycles. The Kier molecular flexibility index (Phi) is 5.38. The van der Waals surface area contributed by atoms with Crippen LogP contribution in [0.15, 0.2) is 174 Å². The number of aromatic nitrogens is 2. The van der Waals surface area contributed by atoms with Crippen LogP contribution in [-0.4, -0.2) is 9.13 Å². The molecule has 0 aliphatic heterocycles. The minimum absolute atomic E-state index is 0.912. The monoisotopic (exact) mass is 624 g/mol. The summed E-state index contributed by atoms with van der Waals surface area (Å²) < 4.78 is 11.1. The third kappa shape index (κ3) is 3.73. The summed E-state index contributed by atoms with van der Waals surface area (Å²) in [4.78, 5) is 0. The molecule has 49 heavy (non-hydrogen) atoms. The Hall–Kier alpha value is -6.58. The number of nitrogens with zero attached hydrogens (tertiary/aromatic N) is 2. The van der Waals surface area contributed by atoms with E-state index in [2.05, 4.69) is 167 Å². The number of furan rings is 1. The van der Waals surface area contributed by atoms with E-state index in [0.717, 1.165) is 33.3 Å². The summed E-state index contributed by atoms with van der Waals surface area (Å²) >= 11 is 0. The summed E-state index contributed by atoms with van der Waals surface area (Å²) in [6.45, 7) is 0. The molecule has 3 heterocycles. The summed E-state index contributed by atoms with van der Waals surface area (Å²) in [5, 5.41) is 9.87. The predicted molar refractivity (Wildman–Crippen MR) is 205 cm³/mol. The van der Waals surface area contributed by atoms with Crippen LogP contribution in [0, 0.1) is 0 Å². The molecule has 11 aromatic rings. The zero-order valence-corrected chi connectivity index (χ0v) is 26.5. The van der Waals surface area contributed by atoms with E-state index in [0.29, 0.717) is 0 Å². The van der Waals surface area contributed by atoms with Gasteiger partial charge in [0.1, 0.15) is 11.2 Å². The predicted octanol–water partition coefficient (Wildman–Crippen LogP) is 12.6. The average Bonchev–Trinajstić information content (AvgIpc) is 3.82. The van der Waals surface area contributed by atoms with Crippen LogP contribution < -0.4 is 0 Å². The van der Waals surface area contributed by atoms with Crippen molar-refractivity contribution in [3.63, 3.8) is 0 Å². The van der Waals surface area contributed by atoms with Crippen LogP contribution in [0.2, 0.25) is 0 Å². The lowest BCUT2D eigenvalue weighted by Crippen LogP contribution is -1.96. The second-order valence-electron chi connectivity index (χ2n) is 12.9. The second kappa shape index (κ2) is 9.96. The Morgan fingerprint density at radius 2 is 1.02 bits per heavy atom. The van der Waals surface area contributed by atoms with Crippen LogP contribution >= 0.6 is 0 Å². The van der Waals surface area contributed by atoms with Crippen molar-refractivity contribution in [2.24, 2.45) is 0 Å². The molecule has 11 rings (SSSR count). The van der Waals surface area contributed by atoms with E-state index in [4.69, 9.17) is 4.42 Å². The number of hydrogen-bond acceptors (Lipinski definition) is 1. The topological polar surface area (TPSA) is 23.0 Å². The van der Waals surface area contributed by atoms with Gasteiger partial charge in [-0.3, -0.25) is 0 Å². The molecule has 0 unspecified atom stereocenters. The summed E-state index contributed by atoms with van der Waals surface area (Å²) in [5.74, 6) is 0. The molecule has 0 aliphatic rings. The molecular weight excluding hydrogens is 597 g/mol. The SMILES string of the molecule is c1ccc(-n2c3ccccc3c3cc4c5c6ccccc6ccc5n(-c5ccc(-c6cccc7oc8ccccc8c67)cc5)c4cc32)cc1. The molecule has 0 bridgehead atoms. The highest BCUT2D eigenvalue weighted by molar-refractivity contribution is 6.25. The highest BCUT2D eigenvalue weighted by Gasteiger charge is 2.20. The van der Waals surface area contributed by atoms with Crippen LogP contribution in [0.3, 0.4) is 0 Å². The highest BCUT2D eigenvalue weighted by atomic mass is 16.3. The van der Waals surface area contributed by atoms with E-state index in [1.807, 2.05) is 12.1 Å². The van der Waals surface area contributed by atoms with E-state index in [1.165, 1.54) is 65.5 Å². The van der Waals surface area contributed by atoms with Crippen molar-refractivity contribution >= 4 is 76.3 Å². The van der Waals surface area contributed by atoms with Crippen molar-refractivity contribution in [1.82, 2.24) is 9.13 Å². The van der Waals surface area contributed by atoms with Crippen LogP contribution in [-0.2, 0) is 0 Å². The van der Waals surface area contributed by atoms with Gasteiger partial charge in [-0.2, -0.15) is 0 Å². The van der Waals surface area contributed by atoms with Gasteiger partial charge in [0.2, 0.25) is 0 Å². The maximum Gasteiger partial charge on any atom is 0.136 e. The largest absolute Gasteiger partial charge is 0.456 e. The van der Waals surface area contributed by atoms with Gasteiger partial charge in [-0.05, 0) is 82.6 Å². The molecule has 0 amide bonds. The lowest BCUT2D eigenvalue weighted by Gasteiger charge is -2.11. The molecule has 0 aliphatic carbocycles. The van der Waals surface area contributed by atoms with Crippen molar-refractivity contribution in [3.8, 4) is 22.5 Å². The standard InChI is InChI=1S/C46H28N2O/c1-2-12-31(13-3-1)47-39-18-8-6-15-35(39)37-27-38-42(28-41(37)47)48(40-26-23-29-11-4-5-14-33(29)45(38)40)32-24-21-30(22-25-32)34-17-10-20-44-46(34)36-16-7-9-19-43(36)49-44/h1-28H. The first-order valence-corrected chi connectivity index (χ1v) is 16.8. The average molecular weight is 625 g/mol. The molecule has 0 fully saturated rings. The van der Waals surface area contributed by atoms with E-state index in [9.17, 15) is 0 Å². The lowest BCUT2D eigenvalue weighted by atomic mass is 9.99. The second-order valence-corrected chi connectivity index (χ2v) is 12.9. The van der Waals surface area contributed by atoms with E-state index in [1.54, 1.807) is 0 Å². The molecule has 0 saturated carbocycles. The van der Waals surface area contributed by atoms with E-state index < -0.39 is 0 Å². The van der Waals surface area contributed by atoms with E-state index >= 15 is 0 Å². The van der Waals surface area contributed by atoms with Crippen molar-refractivity contribution in [3.05, 3.63) is 170 Å². The number of rotatable bonds is 3. The molecule has 8 aromatic carbocycles. The van der Waals surface area contributed by atoms with Gasteiger partial charge >= 0.3 is 0 Å². The van der Waals surface area contributed by atoms with Crippen LogP contribution in [0.25, 0.3) is 98.8 Å². The fourth-order valence-electron chi connectivity index (χ4n) is 8.19. The quantitative estimate of drug-likeness (QED) is 0.192. The third-order valence-electron chi connectivity index (χ3n) is 10.3. The van der Waals surface area contributed by atoms with Crippen molar-refractivity contribution in [2.45, 2.75) is 0 Å². The minimum atomic E-state index is 0.912. The molecule has 0 saturated heterocycles. The smallest absolute Gasteiger partial charge is 0.136 e. The summed E-state index contributed by atoms with van der Waals surface area (Å²) in [7, 11) is 0. The summed E-state index contributed by atoms with van der Waals surface area (Å²) in [6, 6.07) is 61.3. The van der Waals surface area contributed by atoms with Gasteiger partial charge in [0.25, 0.3) is 0 Å². The molecule has 228 valence electrons. The molecule has 3 nitrogen and oxygen atoms in total. The van der Waals surface area contributed by atoms with Crippen molar-refractivity contribution < 1.29 is 4.42 Å². The number of hydrogen-bond donors (Lipinski definition) is 0. The van der Waals surface area contributed by atoms with Gasteiger partial charge in [0.05, 0.1) is 22.1 Å². The molecule has 0 spiro atoms. The molecule has 0 radical (unpaired) electrons. The zero-order chi connectivity index (χ0) is 32.1. The van der Waals surface area contributed by atoms with Gasteiger partial charge in [-0.25, -0.2) is 0 Å². The normalized spacial score (nSPS) is 12.1. The Morgan fingerprint density at radius 1 is 0.347 bits per heavy atom. The maximum absolute atomic E-state index is 6.22. The van der Waals surface area contributed by atoms with Gasteiger partial charge < -0.3 is 13.6 Å². The van der Waals surface area contributed by atoms with Crippen LogP contribution in [0.5, 0.6) is 0 Å². The number of fused-ring (bicyclic) bond motifs is 11. The van der Waals surface area contributed by atoms with E-state index in [-0.39, 0.29) is 0 Å². The Bertz CT molecular complexity index is 3090. The first kappa shape index (κ1) is 26.5. The van der Waals surface area contributed by atoms with Gasteiger partial charge in [0.15, 0.2) is 0 Å². The zero-order valence-electron chi connectivity index (χ0n) is 26.5. The third-order valence-corrected chi connectivity index (χ3v) is 10.3. The lowest BCUT2D eigenvalue weighted by molar-refractivity contribution is 0.669. The molecular formula is C46H28N2O. The Balaban J connectivity index is 1.21. The first-order chi connectivity index (χ1) is 24.3. The van der Waals surface area contributed by atoms with Crippen LogP contribution in [0.1, 0.15) is 0 Å². The fraction of sp³-hybridized carbons (Fsp3) is 0. The highest BCUT2D eigenvalue weighted by Crippen LogP contribution is 2.42. The van der Waals surface area contributed by atoms with Gasteiger partial charge in [0, 0.05) is 43.7 Å². The Morgan fingerprint density at radius 3 is 1.90 bits per heavy atom. The summed E-state index contributed by atoms with van der Waals surface area (Å²) in [6.07, 6.45) is 0. The fourth-order valence-corrected chi connectivity index (χ4v) is 8.19. The first-order valence-electron chi connectivity index (χ1n) is 16.8. The maximum atomic E-state index is 6.22. The number of para-hydroxylation sites is 3.